The maximum absolute atomic E-state index is 12.6. The maximum Gasteiger partial charge on any atom is 0.254 e. The lowest BCUT2D eigenvalue weighted by Gasteiger charge is -2.35. The molecule has 146 valence electrons. The van der Waals surface area contributed by atoms with Gasteiger partial charge in [0.1, 0.15) is 0 Å². The van der Waals surface area contributed by atoms with E-state index in [9.17, 15) is 14.4 Å². The second kappa shape index (κ2) is 9.08. The Morgan fingerprint density at radius 3 is 2.11 bits per heavy atom. The highest BCUT2D eigenvalue weighted by molar-refractivity contribution is 6.42. The van der Waals surface area contributed by atoms with Gasteiger partial charge in [-0.15, -0.1) is 0 Å². The summed E-state index contributed by atoms with van der Waals surface area (Å²) in [6, 6.07) is 13.5. The first-order valence-corrected chi connectivity index (χ1v) is 9.56. The Morgan fingerprint density at radius 1 is 0.821 bits per heavy atom. The summed E-state index contributed by atoms with van der Waals surface area (Å²) in [5, 5.41) is 3.35. The number of piperazine rings is 1. The van der Waals surface area contributed by atoms with Gasteiger partial charge in [0.2, 0.25) is 5.91 Å². The third-order valence-electron chi connectivity index (χ3n) is 4.52. The van der Waals surface area contributed by atoms with Gasteiger partial charge in [0.05, 0.1) is 16.6 Å². The first-order chi connectivity index (χ1) is 13.5. The van der Waals surface area contributed by atoms with Crippen LogP contribution >= 0.6 is 23.2 Å². The Kier molecular flexibility index (Phi) is 6.54. The standard InChI is InChI=1S/C20H19Cl2N3O3/c21-16-7-6-15(12-17(16)22)20(28)25-10-8-24(9-11-25)18(26)13-23-19(27)14-4-2-1-3-5-14/h1-7,12H,8-11,13H2,(H,23,27). The molecule has 0 atom stereocenters. The molecular weight excluding hydrogens is 401 g/mol. The molecule has 28 heavy (non-hydrogen) atoms. The van der Waals surface area contributed by atoms with Crippen LogP contribution in [-0.4, -0.2) is 60.2 Å². The number of nitrogens with one attached hydrogen (secondary N) is 1. The minimum atomic E-state index is -0.289. The molecule has 3 amide bonds. The topological polar surface area (TPSA) is 69.7 Å². The quantitative estimate of drug-likeness (QED) is 0.827. The van der Waals surface area contributed by atoms with Crippen molar-refractivity contribution in [2.45, 2.75) is 0 Å². The SMILES string of the molecule is O=C(NCC(=O)N1CCN(C(=O)c2ccc(Cl)c(Cl)c2)CC1)c1ccccc1. The van der Waals surface area contributed by atoms with Crippen LogP contribution in [0.5, 0.6) is 0 Å². The predicted molar refractivity (Wildman–Crippen MR) is 108 cm³/mol. The predicted octanol–water partition coefficient (Wildman–Crippen LogP) is 2.71. The van der Waals surface area contributed by atoms with Crippen molar-refractivity contribution in [3.05, 3.63) is 69.7 Å². The zero-order valence-corrected chi connectivity index (χ0v) is 16.5. The fourth-order valence-electron chi connectivity index (χ4n) is 2.93. The van der Waals surface area contributed by atoms with Crippen LogP contribution in [0.25, 0.3) is 0 Å². The third kappa shape index (κ3) is 4.82. The molecule has 0 bridgehead atoms. The molecule has 1 heterocycles. The molecule has 0 aliphatic carbocycles. The molecule has 6 nitrogen and oxygen atoms in total. The molecule has 1 aliphatic heterocycles. The molecule has 2 aromatic carbocycles. The van der Waals surface area contributed by atoms with Crippen LogP contribution in [-0.2, 0) is 4.79 Å². The van der Waals surface area contributed by atoms with E-state index in [4.69, 9.17) is 23.2 Å². The van der Waals surface area contributed by atoms with Gasteiger partial charge in [0.25, 0.3) is 11.8 Å². The van der Waals surface area contributed by atoms with Gasteiger partial charge >= 0.3 is 0 Å². The summed E-state index contributed by atoms with van der Waals surface area (Å²) in [7, 11) is 0. The van der Waals surface area contributed by atoms with Crippen LogP contribution in [0.3, 0.4) is 0 Å². The van der Waals surface area contributed by atoms with Crippen molar-refractivity contribution < 1.29 is 14.4 Å². The summed E-state index contributed by atoms with van der Waals surface area (Å²) >= 11 is 11.9. The van der Waals surface area contributed by atoms with Gasteiger partial charge in [-0.25, -0.2) is 0 Å². The average Bonchev–Trinajstić information content (AvgIpc) is 2.74. The van der Waals surface area contributed by atoms with Crippen molar-refractivity contribution in [3.63, 3.8) is 0 Å². The van der Waals surface area contributed by atoms with Crippen LogP contribution in [0, 0.1) is 0 Å². The van der Waals surface area contributed by atoms with E-state index in [1.54, 1.807) is 52.3 Å². The van der Waals surface area contributed by atoms with Crippen molar-refractivity contribution in [3.8, 4) is 0 Å². The number of nitrogens with zero attached hydrogens (tertiary/aromatic N) is 2. The van der Waals surface area contributed by atoms with Gasteiger partial charge in [-0.1, -0.05) is 41.4 Å². The van der Waals surface area contributed by atoms with Crippen LogP contribution in [0.15, 0.2) is 48.5 Å². The Hall–Kier alpha value is -2.57. The molecule has 0 spiro atoms. The maximum atomic E-state index is 12.6. The third-order valence-corrected chi connectivity index (χ3v) is 5.26. The van der Waals surface area contributed by atoms with Crippen LogP contribution in [0.1, 0.15) is 20.7 Å². The zero-order valence-electron chi connectivity index (χ0n) is 15.0. The highest BCUT2D eigenvalue weighted by Crippen LogP contribution is 2.23. The van der Waals surface area contributed by atoms with Crippen LogP contribution < -0.4 is 5.32 Å². The van der Waals surface area contributed by atoms with Gasteiger partial charge in [0.15, 0.2) is 0 Å². The largest absolute Gasteiger partial charge is 0.343 e. The van der Waals surface area contributed by atoms with E-state index in [0.29, 0.717) is 47.4 Å². The molecule has 0 radical (unpaired) electrons. The van der Waals surface area contributed by atoms with Crippen molar-refractivity contribution >= 4 is 40.9 Å². The molecular formula is C20H19Cl2N3O3. The molecule has 0 aromatic heterocycles. The van der Waals surface area contributed by atoms with Gasteiger partial charge in [-0.3, -0.25) is 14.4 Å². The second-order valence-corrected chi connectivity index (χ2v) is 7.16. The number of carbonyl (C=O) groups is 3. The number of benzene rings is 2. The van der Waals surface area contributed by atoms with Crippen molar-refractivity contribution in [1.29, 1.82) is 0 Å². The van der Waals surface area contributed by atoms with E-state index >= 15 is 0 Å². The number of hydrogen-bond acceptors (Lipinski definition) is 3. The van der Waals surface area contributed by atoms with Gasteiger partial charge in [0, 0.05) is 37.3 Å². The van der Waals surface area contributed by atoms with E-state index in [1.807, 2.05) is 6.07 Å². The minimum absolute atomic E-state index is 0.0749. The van der Waals surface area contributed by atoms with E-state index < -0.39 is 0 Å². The van der Waals surface area contributed by atoms with Crippen LogP contribution in [0.2, 0.25) is 10.0 Å². The summed E-state index contributed by atoms with van der Waals surface area (Å²) in [5.41, 5.74) is 0.969. The summed E-state index contributed by atoms with van der Waals surface area (Å²) in [6.45, 7) is 1.57. The first kappa shape index (κ1) is 20.2. The number of halogens is 2. The molecule has 0 saturated carbocycles. The van der Waals surface area contributed by atoms with E-state index in [1.165, 1.54) is 0 Å². The van der Waals surface area contributed by atoms with Gasteiger partial charge in [-0.2, -0.15) is 0 Å². The molecule has 1 aliphatic rings. The summed E-state index contributed by atoms with van der Waals surface area (Å²) in [4.78, 5) is 40.3. The second-order valence-electron chi connectivity index (χ2n) is 6.35. The number of rotatable bonds is 4. The molecule has 0 unspecified atom stereocenters. The summed E-state index contributed by atoms with van der Waals surface area (Å²) < 4.78 is 0. The Balaban J connectivity index is 1.49. The lowest BCUT2D eigenvalue weighted by molar-refractivity contribution is -0.131. The van der Waals surface area contributed by atoms with Gasteiger partial charge in [-0.05, 0) is 30.3 Å². The Labute approximate surface area is 173 Å². The fourth-order valence-corrected chi connectivity index (χ4v) is 3.23. The molecule has 2 aromatic rings. The minimum Gasteiger partial charge on any atom is -0.343 e. The number of amides is 3. The normalized spacial score (nSPS) is 13.9. The van der Waals surface area contributed by atoms with Crippen molar-refractivity contribution in [1.82, 2.24) is 15.1 Å². The number of hydrogen-bond donors (Lipinski definition) is 1. The zero-order chi connectivity index (χ0) is 20.1. The van der Waals surface area contributed by atoms with Gasteiger partial charge < -0.3 is 15.1 Å². The lowest BCUT2D eigenvalue weighted by atomic mass is 10.2. The lowest BCUT2D eigenvalue weighted by Crippen LogP contribution is -2.52. The highest BCUT2D eigenvalue weighted by atomic mass is 35.5. The average molecular weight is 420 g/mol. The van der Waals surface area contributed by atoms with E-state index in [2.05, 4.69) is 5.32 Å². The fraction of sp³-hybridized carbons (Fsp3) is 0.250. The molecule has 1 saturated heterocycles. The number of carbonyl (C=O) groups excluding carboxylic acids is 3. The molecule has 1 N–H and O–H groups in total. The van der Waals surface area contributed by atoms with Crippen LogP contribution in [0.4, 0.5) is 0 Å². The molecule has 1 fully saturated rings. The van der Waals surface area contributed by atoms with E-state index in [0.717, 1.165) is 0 Å². The van der Waals surface area contributed by atoms with Crippen molar-refractivity contribution in [2.24, 2.45) is 0 Å². The summed E-state index contributed by atoms with van der Waals surface area (Å²) in [6.07, 6.45) is 0. The summed E-state index contributed by atoms with van der Waals surface area (Å²) in [5.74, 6) is -0.614. The Bertz CT molecular complexity index is 882. The molecule has 8 heteroatoms. The Morgan fingerprint density at radius 2 is 1.46 bits per heavy atom. The monoisotopic (exact) mass is 419 g/mol. The smallest absolute Gasteiger partial charge is 0.254 e. The van der Waals surface area contributed by atoms with Crippen molar-refractivity contribution in [2.75, 3.05) is 32.7 Å². The first-order valence-electron chi connectivity index (χ1n) is 8.81. The van der Waals surface area contributed by atoms with E-state index in [-0.39, 0.29) is 24.3 Å². The highest BCUT2D eigenvalue weighted by Gasteiger charge is 2.25. The molecule has 3 rings (SSSR count).